The summed E-state index contributed by atoms with van der Waals surface area (Å²) in [4.78, 5) is 14.5. The minimum atomic E-state index is -0.333. The topological polar surface area (TPSA) is 32.3 Å². The summed E-state index contributed by atoms with van der Waals surface area (Å²) in [5, 5.41) is 2.82. The molecule has 20 heavy (non-hydrogen) atoms. The number of nitrogens with zero attached hydrogens (tertiary/aromatic N) is 1. The normalized spacial score (nSPS) is 19.8. The Bertz CT molecular complexity index is 713. The summed E-state index contributed by atoms with van der Waals surface area (Å²) in [6.07, 6.45) is 0.900. The van der Waals surface area contributed by atoms with E-state index in [1.54, 1.807) is 6.07 Å². The van der Waals surface area contributed by atoms with Gasteiger partial charge >= 0.3 is 0 Å². The van der Waals surface area contributed by atoms with Gasteiger partial charge < -0.3 is 10.2 Å². The van der Waals surface area contributed by atoms with Crippen LogP contribution in [-0.4, -0.2) is 12.5 Å². The fraction of sp³-hybridized carbons (Fsp3) is 0.188. The molecule has 1 unspecified atom stereocenters. The number of hydrogen-bond acceptors (Lipinski definition) is 2. The highest BCUT2D eigenvalue weighted by Crippen LogP contribution is 2.41. The van der Waals surface area contributed by atoms with Crippen LogP contribution >= 0.6 is 0 Å². The van der Waals surface area contributed by atoms with E-state index in [4.69, 9.17) is 0 Å². The number of halogens is 1. The van der Waals surface area contributed by atoms with Crippen LogP contribution in [0.5, 0.6) is 0 Å². The molecule has 0 aromatic heterocycles. The molecule has 4 rings (SSSR count). The number of carbonyl (C=O) groups excluding carboxylic acids is 1. The van der Waals surface area contributed by atoms with Crippen molar-refractivity contribution >= 4 is 17.3 Å². The van der Waals surface area contributed by atoms with Crippen molar-refractivity contribution in [1.82, 2.24) is 0 Å². The van der Waals surface area contributed by atoms with E-state index < -0.39 is 0 Å². The molecule has 0 saturated heterocycles. The summed E-state index contributed by atoms with van der Waals surface area (Å²) in [5.41, 5.74) is 3.72. The fourth-order valence-corrected chi connectivity index (χ4v) is 3.17. The van der Waals surface area contributed by atoms with Crippen molar-refractivity contribution in [2.45, 2.75) is 12.5 Å². The number of anilines is 2. The highest BCUT2D eigenvalue weighted by Gasteiger charge is 2.37. The van der Waals surface area contributed by atoms with Gasteiger partial charge in [0.25, 0.3) is 5.91 Å². The Balaban J connectivity index is 1.87. The van der Waals surface area contributed by atoms with Crippen molar-refractivity contribution in [3.63, 3.8) is 0 Å². The van der Waals surface area contributed by atoms with Crippen LogP contribution in [0.4, 0.5) is 15.8 Å². The third kappa shape index (κ3) is 1.54. The van der Waals surface area contributed by atoms with Gasteiger partial charge in [-0.1, -0.05) is 24.3 Å². The van der Waals surface area contributed by atoms with E-state index in [0.29, 0.717) is 5.69 Å². The minimum absolute atomic E-state index is 0.0877. The number of nitrogens with one attached hydrogen (secondary N) is 1. The molecule has 2 aromatic carbocycles. The quantitative estimate of drug-likeness (QED) is 0.796. The number of amides is 1. The molecule has 1 atom stereocenters. The highest BCUT2D eigenvalue weighted by atomic mass is 19.1. The first kappa shape index (κ1) is 11.5. The SMILES string of the molecule is O=C1Nc2cc(F)ccc2N2CCc3ccccc3C12. The molecule has 2 aliphatic heterocycles. The second kappa shape index (κ2) is 4.07. The molecular formula is C16H13FN2O. The Kier molecular flexibility index (Phi) is 2.33. The molecule has 0 aliphatic carbocycles. The first-order chi connectivity index (χ1) is 9.74. The largest absolute Gasteiger partial charge is 0.354 e. The number of hydrogen-bond donors (Lipinski definition) is 1. The highest BCUT2D eigenvalue weighted by molar-refractivity contribution is 6.04. The average molecular weight is 268 g/mol. The van der Waals surface area contributed by atoms with Gasteiger partial charge in [0.05, 0.1) is 11.4 Å². The van der Waals surface area contributed by atoms with Crippen LogP contribution in [0.15, 0.2) is 42.5 Å². The van der Waals surface area contributed by atoms with Crippen LogP contribution in [0.3, 0.4) is 0 Å². The summed E-state index contributed by atoms with van der Waals surface area (Å²) in [6, 6.07) is 12.3. The van der Waals surface area contributed by atoms with Gasteiger partial charge in [0.2, 0.25) is 0 Å². The maximum absolute atomic E-state index is 13.3. The molecule has 0 radical (unpaired) electrons. The molecule has 1 amide bonds. The zero-order valence-corrected chi connectivity index (χ0v) is 10.8. The van der Waals surface area contributed by atoms with E-state index in [2.05, 4.69) is 16.3 Å². The standard InChI is InChI=1S/C16H13FN2O/c17-11-5-6-14-13(9-11)18-16(20)15-12-4-2-1-3-10(12)7-8-19(14)15/h1-6,9,15H,7-8H2,(H,18,20). The summed E-state index contributed by atoms with van der Waals surface area (Å²) in [6.45, 7) is 0.772. The smallest absolute Gasteiger partial charge is 0.251 e. The lowest BCUT2D eigenvalue weighted by molar-refractivity contribution is -0.117. The first-order valence-corrected chi connectivity index (χ1v) is 6.69. The number of benzene rings is 2. The molecule has 2 aromatic rings. The second-order valence-corrected chi connectivity index (χ2v) is 5.20. The Labute approximate surface area is 116 Å². The maximum atomic E-state index is 13.3. The van der Waals surface area contributed by atoms with Gasteiger partial charge in [0.15, 0.2) is 0 Å². The van der Waals surface area contributed by atoms with Crippen LogP contribution in [0.2, 0.25) is 0 Å². The van der Waals surface area contributed by atoms with Crippen molar-refractivity contribution in [3.05, 3.63) is 59.4 Å². The molecule has 0 bridgehead atoms. The Morgan fingerprint density at radius 3 is 2.95 bits per heavy atom. The first-order valence-electron chi connectivity index (χ1n) is 6.69. The molecule has 0 fully saturated rings. The Morgan fingerprint density at radius 1 is 1.20 bits per heavy atom. The zero-order chi connectivity index (χ0) is 13.7. The lowest BCUT2D eigenvalue weighted by Crippen LogP contribution is -2.45. The number of fused-ring (bicyclic) bond motifs is 5. The zero-order valence-electron chi connectivity index (χ0n) is 10.8. The van der Waals surface area contributed by atoms with Gasteiger partial charge in [-0.25, -0.2) is 4.39 Å². The Hall–Kier alpha value is -2.36. The summed E-state index contributed by atoms with van der Waals surface area (Å²) >= 11 is 0. The molecule has 1 N–H and O–H groups in total. The van der Waals surface area contributed by atoms with Gasteiger partial charge in [0, 0.05) is 6.54 Å². The van der Waals surface area contributed by atoms with E-state index in [0.717, 1.165) is 24.2 Å². The van der Waals surface area contributed by atoms with E-state index in [-0.39, 0.29) is 17.8 Å². The second-order valence-electron chi connectivity index (χ2n) is 5.20. The predicted molar refractivity (Wildman–Crippen MR) is 75.3 cm³/mol. The van der Waals surface area contributed by atoms with Crippen LogP contribution in [-0.2, 0) is 11.2 Å². The molecule has 2 aliphatic rings. The Morgan fingerprint density at radius 2 is 2.05 bits per heavy atom. The lowest BCUT2D eigenvalue weighted by atomic mass is 9.90. The van der Waals surface area contributed by atoms with E-state index in [1.807, 2.05) is 18.2 Å². The minimum Gasteiger partial charge on any atom is -0.354 e. The van der Waals surface area contributed by atoms with Crippen LogP contribution in [0.25, 0.3) is 0 Å². The van der Waals surface area contributed by atoms with Gasteiger partial charge in [-0.3, -0.25) is 4.79 Å². The van der Waals surface area contributed by atoms with Gasteiger partial charge in [-0.2, -0.15) is 0 Å². The maximum Gasteiger partial charge on any atom is 0.251 e. The van der Waals surface area contributed by atoms with E-state index in [1.165, 1.54) is 17.7 Å². The lowest BCUT2D eigenvalue weighted by Gasteiger charge is -2.42. The average Bonchev–Trinajstić information content (AvgIpc) is 2.46. The van der Waals surface area contributed by atoms with Crippen molar-refractivity contribution in [2.75, 3.05) is 16.8 Å². The molecule has 3 nitrogen and oxygen atoms in total. The number of carbonyl (C=O) groups is 1. The summed E-state index contributed by atoms with van der Waals surface area (Å²) < 4.78 is 13.3. The third-order valence-corrected chi connectivity index (χ3v) is 4.06. The molecular weight excluding hydrogens is 255 g/mol. The van der Waals surface area contributed by atoms with E-state index >= 15 is 0 Å². The molecule has 0 spiro atoms. The predicted octanol–water partition coefficient (Wildman–Crippen LogP) is 2.88. The molecule has 0 saturated carbocycles. The monoisotopic (exact) mass is 268 g/mol. The summed E-state index contributed by atoms with van der Waals surface area (Å²) in [7, 11) is 0. The van der Waals surface area contributed by atoms with Crippen LogP contribution in [0, 0.1) is 5.82 Å². The van der Waals surface area contributed by atoms with Gasteiger partial charge in [0.1, 0.15) is 11.9 Å². The van der Waals surface area contributed by atoms with E-state index in [9.17, 15) is 9.18 Å². The van der Waals surface area contributed by atoms with Crippen molar-refractivity contribution in [2.24, 2.45) is 0 Å². The van der Waals surface area contributed by atoms with Gasteiger partial charge in [-0.15, -0.1) is 0 Å². The molecule has 100 valence electrons. The fourth-order valence-electron chi connectivity index (χ4n) is 3.17. The third-order valence-electron chi connectivity index (χ3n) is 4.06. The van der Waals surface area contributed by atoms with Crippen LogP contribution in [0.1, 0.15) is 17.2 Å². The van der Waals surface area contributed by atoms with Crippen LogP contribution < -0.4 is 10.2 Å². The van der Waals surface area contributed by atoms with Crippen molar-refractivity contribution in [3.8, 4) is 0 Å². The molecule has 2 heterocycles. The number of rotatable bonds is 0. The summed E-state index contributed by atoms with van der Waals surface area (Å²) in [5.74, 6) is -0.421. The molecule has 4 heteroatoms. The van der Waals surface area contributed by atoms with Crippen molar-refractivity contribution < 1.29 is 9.18 Å². The van der Waals surface area contributed by atoms with Gasteiger partial charge in [-0.05, 0) is 35.7 Å². The van der Waals surface area contributed by atoms with Crippen molar-refractivity contribution in [1.29, 1.82) is 0 Å².